The number of hydrogen-bond donors (Lipinski definition) is 1. The van der Waals surface area contributed by atoms with Crippen LogP contribution in [0.5, 0.6) is 0 Å². The van der Waals surface area contributed by atoms with Crippen molar-refractivity contribution in [3.8, 4) is 11.4 Å². The number of pyridine rings is 1. The summed E-state index contributed by atoms with van der Waals surface area (Å²) >= 11 is 1.32. The third-order valence-electron chi connectivity index (χ3n) is 4.13. The number of aromatic nitrogens is 4. The Morgan fingerprint density at radius 3 is 2.75 bits per heavy atom. The lowest BCUT2D eigenvalue weighted by atomic mass is 9.92. The molecule has 0 spiro atoms. The number of amides is 1. The zero-order valence-electron chi connectivity index (χ0n) is 13.9. The average molecular weight is 346 g/mol. The van der Waals surface area contributed by atoms with Gasteiger partial charge in [-0.05, 0) is 30.4 Å². The van der Waals surface area contributed by atoms with Crippen molar-refractivity contribution in [1.29, 1.82) is 0 Å². The maximum atomic E-state index is 12.4. The number of thioether (sulfide) groups is 1. The number of nitrogens with zero attached hydrogens (tertiary/aromatic N) is 5. The largest absolute Gasteiger partial charge is 0.341 e. The molecule has 128 valence electrons. The van der Waals surface area contributed by atoms with Crippen molar-refractivity contribution >= 4 is 17.7 Å². The Morgan fingerprint density at radius 1 is 1.33 bits per heavy atom. The van der Waals surface area contributed by atoms with Crippen molar-refractivity contribution < 1.29 is 4.79 Å². The van der Waals surface area contributed by atoms with Gasteiger partial charge in [0.05, 0.1) is 5.75 Å². The van der Waals surface area contributed by atoms with Crippen LogP contribution in [0.2, 0.25) is 0 Å². The van der Waals surface area contributed by atoms with Crippen LogP contribution < -0.4 is 5.84 Å². The predicted molar refractivity (Wildman–Crippen MR) is 93.7 cm³/mol. The van der Waals surface area contributed by atoms with Crippen molar-refractivity contribution in [3.63, 3.8) is 0 Å². The number of rotatable bonds is 4. The second-order valence-corrected chi connectivity index (χ2v) is 7.39. The van der Waals surface area contributed by atoms with Crippen LogP contribution in [0.1, 0.15) is 20.3 Å². The average Bonchev–Trinajstić information content (AvgIpc) is 2.93. The van der Waals surface area contributed by atoms with E-state index in [1.54, 1.807) is 12.4 Å². The fourth-order valence-electron chi connectivity index (χ4n) is 3.15. The summed E-state index contributed by atoms with van der Waals surface area (Å²) in [5.74, 6) is 8.16. The molecule has 0 aromatic carbocycles. The minimum Gasteiger partial charge on any atom is -0.341 e. The van der Waals surface area contributed by atoms with Gasteiger partial charge in [-0.1, -0.05) is 25.6 Å². The standard InChI is InChI=1S/C16H22N6OS/c1-11-6-12(2)9-21(8-11)14(23)10-24-16-20-19-15(22(16)17)13-4-3-5-18-7-13/h3-5,7,11-12H,6,8-10,17H2,1-2H3/t11-,12+. The van der Waals surface area contributed by atoms with E-state index in [-0.39, 0.29) is 5.91 Å². The Labute approximate surface area is 145 Å². The lowest BCUT2D eigenvalue weighted by molar-refractivity contribution is -0.130. The van der Waals surface area contributed by atoms with E-state index in [1.165, 1.54) is 22.9 Å². The third-order valence-corrected chi connectivity index (χ3v) is 5.06. The maximum absolute atomic E-state index is 12.4. The van der Waals surface area contributed by atoms with E-state index < -0.39 is 0 Å². The lowest BCUT2D eigenvalue weighted by Crippen LogP contribution is -2.43. The number of piperidine rings is 1. The molecule has 3 rings (SSSR count). The molecule has 7 nitrogen and oxygen atoms in total. The highest BCUT2D eigenvalue weighted by molar-refractivity contribution is 7.99. The Morgan fingerprint density at radius 2 is 2.08 bits per heavy atom. The van der Waals surface area contributed by atoms with Crippen LogP contribution in [0.15, 0.2) is 29.7 Å². The zero-order valence-corrected chi connectivity index (χ0v) is 14.7. The van der Waals surface area contributed by atoms with Gasteiger partial charge in [-0.2, -0.15) is 0 Å². The summed E-state index contributed by atoms with van der Waals surface area (Å²) in [4.78, 5) is 18.5. The Balaban J connectivity index is 1.63. The fraction of sp³-hybridized carbons (Fsp3) is 0.500. The third kappa shape index (κ3) is 3.69. The van der Waals surface area contributed by atoms with Crippen LogP contribution in [-0.2, 0) is 4.79 Å². The molecule has 0 bridgehead atoms. The monoisotopic (exact) mass is 346 g/mol. The van der Waals surface area contributed by atoms with Gasteiger partial charge in [-0.3, -0.25) is 9.78 Å². The molecule has 24 heavy (non-hydrogen) atoms. The van der Waals surface area contributed by atoms with E-state index in [9.17, 15) is 4.79 Å². The van der Waals surface area contributed by atoms with Crippen LogP contribution in [-0.4, -0.2) is 49.5 Å². The summed E-state index contributed by atoms with van der Waals surface area (Å²) < 4.78 is 1.41. The molecule has 2 N–H and O–H groups in total. The van der Waals surface area contributed by atoms with Crippen molar-refractivity contribution in [3.05, 3.63) is 24.5 Å². The molecule has 2 atom stereocenters. The zero-order chi connectivity index (χ0) is 17.1. The quantitative estimate of drug-likeness (QED) is 0.669. The molecule has 1 aliphatic heterocycles. The number of nitrogen functional groups attached to an aromatic ring is 1. The highest BCUT2D eigenvalue weighted by Gasteiger charge is 2.25. The van der Waals surface area contributed by atoms with E-state index >= 15 is 0 Å². The first-order valence-corrected chi connectivity index (χ1v) is 9.04. The number of carbonyl (C=O) groups is 1. The fourth-order valence-corrected chi connectivity index (χ4v) is 3.91. The van der Waals surface area contributed by atoms with Gasteiger partial charge in [0.15, 0.2) is 5.82 Å². The summed E-state index contributed by atoms with van der Waals surface area (Å²) in [7, 11) is 0. The molecular formula is C16H22N6OS. The van der Waals surface area contributed by atoms with Crippen molar-refractivity contribution in [2.24, 2.45) is 11.8 Å². The van der Waals surface area contributed by atoms with Gasteiger partial charge < -0.3 is 10.7 Å². The van der Waals surface area contributed by atoms with Crippen molar-refractivity contribution in [2.75, 3.05) is 24.7 Å². The molecular weight excluding hydrogens is 324 g/mol. The van der Waals surface area contributed by atoms with Gasteiger partial charge in [0.2, 0.25) is 11.1 Å². The van der Waals surface area contributed by atoms with Crippen LogP contribution >= 0.6 is 11.8 Å². The first-order chi connectivity index (χ1) is 11.5. The number of likely N-dealkylation sites (tertiary alicyclic amines) is 1. The number of carbonyl (C=O) groups excluding carboxylic acids is 1. The summed E-state index contributed by atoms with van der Waals surface area (Å²) in [6.07, 6.45) is 4.56. The molecule has 1 fully saturated rings. The van der Waals surface area contributed by atoms with Crippen LogP contribution in [0.25, 0.3) is 11.4 Å². The topological polar surface area (TPSA) is 89.9 Å². The molecule has 0 radical (unpaired) electrons. The highest BCUT2D eigenvalue weighted by Crippen LogP contribution is 2.24. The first-order valence-electron chi connectivity index (χ1n) is 8.06. The minimum absolute atomic E-state index is 0.129. The normalized spacial score (nSPS) is 21.0. The van der Waals surface area contributed by atoms with Gasteiger partial charge in [0.25, 0.3) is 0 Å². The summed E-state index contributed by atoms with van der Waals surface area (Å²) in [6.45, 7) is 6.06. The SMILES string of the molecule is C[C@@H]1C[C@H](C)CN(C(=O)CSc2nnc(-c3cccnc3)n2N)C1. The number of nitrogens with two attached hydrogens (primary N) is 1. The molecule has 0 aliphatic carbocycles. The van der Waals surface area contributed by atoms with Gasteiger partial charge in [-0.25, -0.2) is 4.68 Å². The van der Waals surface area contributed by atoms with Crippen LogP contribution in [0.4, 0.5) is 0 Å². The van der Waals surface area contributed by atoms with E-state index in [4.69, 9.17) is 5.84 Å². The van der Waals surface area contributed by atoms with Gasteiger partial charge in [0.1, 0.15) is 0 Å². The minimum atomic E-state index is 0.129. The molecule has 0 saturated carbocycles. The predicted octanol–water partition coefficient (Wildman–Crippen LogP) is 1.65. The summed E-state index contributed by atoms with van der Waals surface area (Å²) in [5, 5.41) is 8.72. The summed E-state index contributed by atoms with van der Waals surface area (Å²) in [5.41, 5.74) is 0.796. The lowest BCUT2D eigenvalue weighted by Gasteiger charge is -2.34. The molecule has 1 saturated heterocycles. The van der Waals surface area contributed by atoms with Gasteiger partial charge >= 0.3 is 0 Å². The van der Waals surface area contributed by atoms with Gasteiger partial charge in [-0.15, -0.1) is 10.2 Å². The maximum Gasteiger partial charge on any atom is 0.233 e. The molecule has 0 unspecified atom stereocenters. The van der Waals surface area contributed by atoms with E-state index in [1.807, 2.05) is 17.0 Å². The van der Waals surface area contributed by atoms with Gasteiger partial charge in [0, 0.05) is 31.0 Å². The van der Waals surface area contributed by atoms with Crippen LogP contribution in [0.3, 0.4) is 0 Å². The smallest absolute Gasteiger partial charge is 0.233 e. The van der Waals surface area contributed by atoms with Crippen molar-refractivity contribution in [1.82, 2.24) is 24.8 Å². The van der Waals surface area contributed by atoms with Crippen LogP contribution in [0, 0.1) is 11.8 Å². The molecule has 2 aromatic heterocycles. The second-order valence-electron chi connectivity index (χ2n) is 6.45. The molecule has 1 amide bonds. The molecule has 3 heterocycles. The van der Waals surface area contributed by atoms with Crippen molar-refractivity contribution in [2.45, 2.75) is 25.4 Å². The molecule has 1 aliphatic rings. The molecule has 8 heteroatoms. The van der Waals surface area contributed by atoms with E-state index in [0.717, 1.165) is 18.7 Å². The van der Waals surface area contributed by atoms with E-state index in [2.05, 4.69) is 29.0 Å². The van der Waals surface area contributed by atoms with E-state index in [0.29, 0.717) is 28.6 Å². The number of hydrogen-bond acceptors (Lipinski definition) is 6. The Bertz CT molecular complexity index is 694. The second kappa shape index (κ2) is 7.21. The summed E-state index contributed by atoms with van der Waals surface area (Å²) in [6, 6.07) is 3.69. The first kappa shape index (κ1) is 16.8. The highest BCUT2D eigenvalue weighted by atomic mass is 32.2. The Kier molecular flexibility index (Phi) is 5.03. The molecule has 2 aromatic rings. The Hall–Kier alpha value is -2.09.